The van der Waals surface area contributed by atoms with Gasteiger partial charge in [0.05, 0.1) is 0 Å². The minimum absolute atomic E-state index is 0.131. The molecule has 0 bridgehead atoms. The molecule has 1 unspecified atom stereocenters. The van der Waals surface area contributed by atoms with Crippen LogP contribution in [0, 0.1) is 0 Å². The summed E-state index contributed by atoms with van der Waals surface area (Å²) in [5.74, 6) is -0.978. The summed E-state index contributed by atoms with van der Waals surface area (Å²) in [5, 5.41) is 9.85. The van der Waals surface area contributed by atoms with Crippen molar-refractivity contribution in [3.05, 3.63) is 0 Å². The van der Waals surface area contributed by atoms with Gasteiger partial charge in [0, 0.05) is 52.4 Å². The van der Waals surface area contributed by atoms with Gasteiger partial charge in [0.1, 0.15) is 22.8 Å². The Kier molecular flexibility index (Phi) is 12.3. The van der Waals surface area contributed by atoms with Crippen LogP contribution in [-0.4, -0.2) is 124 Å². The van der Waals surface area contributed by atoms with Gasteiger partial charge < -0.3 is 34.0 Å². The fourth-order valence-corrected chi connectivity index (χ4v) is 3.86. The standard InChI is InChI=1S/C27H50N4O8/c1-11-20(21(32)33)28-12-14-29(22(34)37-25(2,3)4)16-18-31(24(36)39-27(8,9)10)19-17-30(15-13-28)23(35)38-26(5,6)7/h20H,11-19H2,1-10H3,(H,32,33). The molecule has 0 aromatic rings. The number of ether oxygens (including phenoxy) is 3. The molecule has 0 aliphatic carbocycles. The molecule has 39 heavy (non-hydrogen) atoms. The van der Waals surface area contributed by atoms with Gasteiger partial charge in [0.15, 0.2) is 0 Å². The van der Waals surface area contributed by atoms with Gasteiger partial charge in [-0.2, -0.15) is 0 Å². The molecule has 1 heterocycles. The van der Waals surface area contributed by atoms with Gasteiger partial charge >= 0.3 is 24.2 Å². The van der Waals surface area contributed by atoms with E-state index < -0.39 is 47.1 Å². The molecule has 1 N–H and O–H groups in total. The van der Waals surface area contributed by atoms with Crippen LogP contribution in [0.3, 0.4) is 0 Å². The van der Waals surface area contributed by atoms with Crippen molar-refractivity contribution in [2.75, 3.05) is 52.4 Å². The summed E-state index contributed by atoms with van der Waals surface area (Å²) in [4.78, 5) is 57.4. The third-order valence-corrected chi connectivity index (χ3v) is 5.66. The van der Waals surface area contributed by atoms with E-state index in [1.165, 1.54) is 14.7 Å². The van der Waals surface area contributed by atoms with Crippen molar-refractivity contribution in [2.24, 2.45) is 0 Å². The summed E-state index contributed by atoms with van der Waals surface area (Å²) in [7, 11) is 0. The van der Waals surface area contributed by atoms with Crippen molar-refractivity contribution in [1.29, 1.82) is 0 Å². The van der Waals surface area contributed by atoms with Gasteiger partial charge in [-0.05, 0) is 68.7 Å². The molecule has 1 aliphatic rings. The lowest BCUT2D eigenvalue weighted by molar-refractivity contribution is -0.143. The number of carbonyl (C=O) groups excluding carboxylic acids is 3. The molecular formula is C27H50N4O8. The smallest absolute Gasteiger partial charge is 0.410 e. The Balaban J connectivity index is 3.36. The van der Waals surface area contributed by atoms with Crippen LogP contribution in [0.2, 0.25) is 0 Å². The first-order chi connectivity index (χ1) is 17.7. The Morgan fingerprint density at radius 3 is 1.05 bits per heavy atom. The van der Waals surface area contributed by atoms with Crippen LogP contribution in [0.1, 0.15) is 75.7 Å². The minimum Gasteiger partial charge on any atom is -0.480 e. The number of hydrogen-bond donors (Lipinski definition) is 1. The molecule has 1 atom stereocenters. The summed E-state index contributed by atoms with van der Waals surface area (Å²) in [6, 6.07) is -0.799. The zero-order chi connectivity index (χ0) is 30.2. The van der Waals surface area contributed by atoms with Crippen LogP contribution in [-0.2, 0) is 19.0 Å². The van der Waals surface area contributed by atoms with Crippen molar-refractivity contribution in [2.45, 2.75) is 98.5 Å². The van der Waals surface area contributed by atoms with Gasteiger partial charge in [-0.3, -0.25) is 9.69 Å². The Bertz CT molecular complexity index is 800. The predicted octanol–water partition coefficient (Wildman–Crippen LogP) is 3.88. The zero-order valence-corrected chi connectivity index (χ0v) is 25.5. The topological polar surface area (TPSA) is 129 Å². The summed E-state index contributed by atoms with van der Waals surface area (Å²) in [6.07, 6.45) is -1.32. The van der Waals surface area contributed by atoms with Gasteiger partial charge in [0.2, 0.25) is 0 Å². The lowest BCUT2D eigenvalue weighted by Gasteiger charge is -2.37. The Morgan fingerprint density at radius 2 is 0.846 bits per heavy atom. The van der Waals surface area contributed by atoms with E-state index in [2.05, 4.69) is 0 Å². The molecule has 1 fully saturated rings. The molecule has 0 spiro atoms. The number of aliphatic carboxylic acids is 1. The van der Waals surface area contributed by atoms with Crippen LogP contribution in [0.5, 0.6) is 0 Å². The van der Waals surface area contributed by atoms with E-state index in [1.54, 1.807) is 74.1 Å². The first-order valence-electron chi connectivity index (χ1n) is 13.6. The first kappa shape index (κ1) is 34.3. The van der Waals surface area contributed by atoms with E-state index in [9.17, 15) is 24.3 Å². The Hall–Kier alpha value is -2.76. The fourth-order valence-electron chi connectivity index (χ4n) is 3.86. The van der Waals surface area contributed by atoms with E-state index >= 15 is 0 Å². The highest BCUT2D eigenvalue weighted by Gasteiger charge is 2.31. The van der Waals surface area contributed by atoms with Crippen molar-refractivity contribution in [3.8, 4) is 0 Å². The number of hydrogen-bond acceptors (Lipinski definition) is 8. The highest BCUT2D eigenvalue weighted by atomic mass is 16.6. The van der Waals surface area contributed by atoms with E-state index in [1.807, 2.05) is 0 Å². The van der Waals surface area contributed by atoms with Crippen LogP contribution in [0.15, 0.2) is 0 Å². The third kappa shape index (κ3) is 13.2. The van der Waals surface area contributed by atoms with Crippen LogP contribution >= 0.6 is 0 Å². The molecule has 0 aromatic heterocycles. The molecule has 1 aliphatic heterocycles. The number of nitrogens with zero attached hydrogens (tertiary/aromatic N) is 4. The van der Waals surface area contributed by atoms with Gasteiger partial charge in [0.25, 0.3) is 0 Å². The second kappa shape index (κ2) is 14.0. The monoisotopic (exact) mass is 558 g/mol. The fraction of sp³-hybridized carbons (Fsp3) is 0.852. The number of carboxylic acids is 1. The Morgan fingerprint density at radius 1 is 0.590 bits per heavy atom. The summed E-state index contributed by atoms with van der Waals surface area (Å²) >= 11 is 0. The second-order valence-electron chi connectivity index (χ2n) is 12.7. The summed E-state index contributed by atoms with van der Waals surface area (Å²) < 4.78 is 16.8. The van der Waals surface area contributed by atoms with Crippen molar-refractivity contribution in [1.82, 2.24) is 19.6 Å². The zero-order valence-electron chi connectivity index (χ0n) is 25.5. The van der Waals surface area contributed by atoms with Crippen molar-refractivity contribution < 1.29 is 38.5 Å². The molecule has 0 saturated carbocycles. The van der Waals surface area contributed by atoms with Crippen LogP contribution in [0.4, 0.5) is 14.4 Å². The van der Waals surface area contributed by atoms with Crippen molar-refractivity contribution >= 4 is 24.2 Å². The third-order valence-electron chi connectivity index (χ3n) is 5.66. The number of carbonyl (C=O) groups is 4. The maximum Gasteiger partial charge on any atom is 0.410 e. The van der Waals surface area contributed by atoms with Gasteiger partial charge in [-0.25, -0.2) is 14.4 Å². The lowest BCUT2D eigenvalue weighted by Crippen LogP contribution is -2.53. The van der Waals surface area contributed by atoms with Crippen LogP contribution < -0.4 is 0 Å². The molecule has 0 radical (unpaired) electrons. The van der Waals surface area contributed by atoms with E-state index in [-0.39, 0.29) is 52.4 Å². The molecular weight excluding hydrogens is 508 g/mol. The summed E-state index contributed by atoms with van der Waals surface area (Å²) in [5.41, 5.74) is -2.19. The maximum atomic E-state index is 13.1. The maximum absolute atomic E-state index is 13.1. The highest BCUT2D eigenvalue weighted by Crippen LogP contribution is 2.16. The molecule has 12 nitrogen and oxygen atoms in total. The lowest BCUT2D eigenvalue weighted by atomic mass is 10.2. The summed E-state index contributed by atoms with van der Waals surface area (Å²) in [6.45, 7) is 19.0. The molecule has 0 aromatic carbocycles. The largest absolute Gasteiger partial charge is 0.480 e. The quantitative estimate of drug-likeness (QED) is 0.513. The van der Waals surface area contributed by atoms with E-state index in [0.29, 0.717) is 6.42 Å². The molecule has 1 rings (SSSR count). The number of rotatable bonds is 3. The average Bonchev–Trinajstić information content (AvgIpc) is 2.71. The van der Waals surface area contributed by atoms with Crippen LogP contribution in [0.25, 0.3) is 0 Å². The average molecular weight is 559 g/mol. The van der Waals surface area contributed by atoms with Gasteiger partial charge in [-0.15, -0.1) is 0 Å². The minimum atomic E-state index is -0.978. The van der Waals surface area contributed by atoms with Crippen molar-refractivity contribution in [3.63, 3.8) is 0 Å². The van der Waals surface area contributed by atoms with E-state index in [0.717, 1.165) is 0 Å². The first-order valence-corrected chi connectivity index (χ1v) is 13.6. The second-order valence-corrected chi connectivity index (χ2v) is 12.7. The molecule has 12 heteroatoms. The highest BCUT2D eigenvalue weighted by molar-refractivity contribution is 5.73. The SMILES string of the molecule is CCC(C(=O)O)N1CCN(C(=O)OC(C)(C)C)CCN(C(=O)OC(C)(C)C)CCN(C(=O)OC(C)(C)C)CC1. The Labute approximate surface area is 233 Å². The number of carboxylic acid groups (broad SMARTS) is 1. The number of amides is 3. The predicted molar refractivity (Wildman–Crippen MR) is 147 cm³/mol. The van der Waals surface area contributed by atoms with Gasteiger partial charge in [-0.1, -0.05) is 6.92 Å². The molecule has 3 amide bonds. The normalized spacial score (nSPS) is 17.9. The van der Waals surface area contributed by atoms with E-state index in [4.69, 9.17) is 14.2 Å². The molecule has 1 saturated heterocycles. The molecule has 226 valence electrons.